The maximum atomic E-state index is 13.0. The molecule has 14 heteroatoms. The highest BCUT2D eigenvalue weighted by Gasteiger charge is 2.34. The van der Waals surface area contributed by atoms with Crippen molar-refractivity contribution in [2.45, 2.75) is 26.1 Å². The number of halogens is 4. The Balaban J connectivity index is 1.57. The molecular formula is C23H27ClF3N7O2S. The Morgan fingerprint density at radius 3 is 2.54 bits per heavy atom. The van der Waals surface area contributed by atoms with Crippen molar-refractivity contribution in [2.75, 3.05) is 45.1 Å². The molecule has 200 valence electrons. The molecule has 1 atom stereocenters. The number of piperazine rings is 1. The lowest BCUT2D eigenvalue weighted by Gasteiger charge is -2.35. The summed E-state index contributed by atoms with van der Waals surface area (Å²) < 4.78 is 39.1. The normalized spacial score (nSPS) is 16.2. The number of nitrogens with zero attached hydrogens (tertiary/aromatic N) is 5. The molecule has 1 saturated heterocycles. The fraction of sp³-hybridized carbons (Fsp3) is 0.435. The summed E-state index contributed by atoms with van der Waals surface area (Å²) in [4.78, 5) is 41.7. The number of hydrogen-bond acceptors (Lipinski definition) is 7. The SMILES string of the molecule is CCN1CCN(C(/C=C/C(=O)NC(C)c2ncc(C(=O)Nc3cc(C(F)(F)F)c(Cl)cn3)s2)=N/C)CC1. The molecule has 9 nitrogen and oxygen atoms in total. The van der Waals surface area contributed by atoms with Crippen molar-refractivity contribution in [3.63, 3.8) is 0 Å². The highest BCUT2D eigenvalue weighted by atomic mass is 35.5. The van der Waals surface area contributed by atoms with Crippen LogP contribution in [0.3, 0.4) is 0 Å². The van der Waals surface area contributed by atoms with Crippen LogP contribution >= 0.6 is 22.9 Å². The van der Waals surface area contributed by atoms with Crippen molar-refractivity contribution in [3.8, 4) is 0 Å². The Labute approximate surface area is 221 Å². The lowest BCUT2D eigenvalue weighted by Crippen LogP contribution is -2.48. The van der Waals surface area contributed by atoms with Gasteiger partial charge in [-0.15, -0.1) is 11.3 Å². The van der Waals surface area contributed by atoms with E-state index in [1.807, 2.05) is 0 Å². The van der Waals surface area contributed by atoms with Crippen molar-refractivity contribution < 1.29 is 22.8 Å². The summed E-state index contributed by atoms with van der Waals surface area (Å²) >= 11 is 6.56. The number of alkyl halides is 3. The van der Waals surface area contributed by atoms with Crippen LogP contribution < -0.4 is 10.6 Å². The monoisotopic (exact) mass is 557 g/mol. The van der Waals surface area contributed by atoms with Crippen molar-refractivity contribution in [1.29, 1.82) is 0 Å². The van der Waals surface area contributed by atoms with Gasteiger partial charge in [-0.2, -0.15) is 13.2 Å². The van der Waals surface area contributed by atoms with E-state index in [4.69, 9.17) is 11.6 Å². The highest BCUT2D eigenvalue weighted by Crippen LogP contribution is 2.35. The van der Waals surface area contributed by atoms with Crippen LogP contribution in [0.5, 0.6) is 0 Å². The second-order valence-electron chi connectivity index (χ2n) is 8.13. The Morgan fingerprint density at radius 2 is 1.92 bits per heavy atom. The Kier molecular flexibility index (Phi) is 9.62. The Morgan fingerprint density at radius 1 is 1.22 bits per heavy atom. The summed E-state index contributed by atoms with van der Waals surface area (Å²) in [5, 5.41) is 4.98. The van der Waals surface area contributed by atoms with Crippen LogP contribution in [0.25, 0.3) is 0 Å². The number of aliphatic imine (C=N–C) groups is 1. The van der Waals surface area contributed by atoms with Gasteiger partial charge in [0.25, 0.3) is 5.91 Å². The number of thiazole rings is 1. The Bertz CT molecular complexity index is 1180. The van der Waals surface area contributed by atoms with Gasteiger partial charge in [-0.1, -0.05) is 18.5 Å². The number of carbonyl (C=O) groups excluding carboxylic acids is 2. The van der Waals surface area contributed by atoms with Crippen LogP contribution in [0, 0.1) is 0 Å². The lowest BCUT2D eigenvalue weighted by molar-refractivity contribution is -0.137. The predicted molar refractivity (Wildman–Crippen MR) is 137 cm³/mol. The molecule has 0 radical (unpaired) electrons. The van der Waals surface area contributed by atoms with Gasteiger partial charge in [0, 0.05) is 45.5 Å². The second-order valence-corrected chi connectivity index (χ2v) is 9.60. The maximum absolute atomic E-state index is 13.0. The average Bonchev–Trinajstić information content (AvgIpc) is 3.36. The smallest absolute Gasteiger partial charge is 0.354 e. The minimum Gasteiger partial charge on any atom is -0.354 e. The van der Waals surface area contributed by atoms with Gasteiger partial charge in [-0.3, -0.25) is 14.6 Å². The van der Waals surface area contributed by atoms with Gasteiger partial charge in [0.1, 0.15) is 21.5 Å². The van der Waals surface area contributed by atoms with E-state index in [1.165, 1.54) is 12.3 Å². The molecule has 2 N–H and O–H groups in total. The third-order valence-corrected chi connectivity index (χ3v) is 7.12. The van der Waals surface area contributed by atoms with E-state index in [0.717, 1.165) is 56.1 Å². The van der Waals surface area contributed by atoms with Crippen LogP contribution in [0.1, 0.15) is 40.1 Å². The van der Waals surface area contributed by atoms with Crippen molar-refractivity contribution in [1.82, 2.24) is 25.1 Å². The van der Waals surface area contributed by atoms with Crippen LogP contribution in [0.4, 0.5) is 19.0 Å². The van der Waals surface area contributed by atoms with E-state index >= 15 is 0 Å². The van der Waals surface area contributed by atoms with E-state index < -0.39 is 28.7 Å². The van der Waals surface area contributed by atoms with Gasteiger partial charge < -0.3 is 20.4 Å². The number of amides is 2. The molecule has 1 unspecified atom stereocenters. The van der Waals surface area contributed by atoms with Gasteiger partial charge in [0.15, 0.2) is 0 Å². The van der Waals surface area contributed by atoms with Crippen LogP contribution in [-0.2, 0) is 11.0 Å². The number of hydrogen-bond donors (Lipinski definition) is 2. The summed E-state index contributed by atoms with van der Waals surface area (Å²) in [6.07, 6.45) is 0.484. The lowest BCUT2D eigenvalue weighted by atomic mass is 10.2. The van der Waals surface area contributed by atoms with Gasteiger partial charge >= 0.3 is 6.18 Å². The fourth-order valence-electron chi connectivity index (χ4n) is 3.58. The van der Waals surface area contributed by atoms with E-state index in [1.54, 1.807) is 20.0 Å². The molecule has 3 heterocycles. The number of nitrogens with one attached hydrogen (secondary N) is 2. The number of aromatic nitrogens is 2. The molecule has 2 aromatic heterocycles. The van der Waals surface area contributed by atoms with Crippen LogP contribution in [0.2, 0.25) is 5.02 Å². The molecule has 1 aliphatic heterocycles. The standard InChI is InChI=1S/C23H27ClF3N7O2S/c1-4-33-7-9-34(10-8-33)19(28-3)5-6-20(35)31-14(2)22-30-13-17(37-22)21(36)32-18-11-15(23(25,26)27)16(24)12-29-18/h5-6,11-14H,4,7-10H2,1-3H3,(H,31,35)(H,29,32,36)/b6-5+,28-19+. The second kappa shape index (κ2) is 12.5. The first-order chi connectivity index (χ1) is 17.5. The molecule has 0 aromatic carbocycles. The molecule has 0 saturated carbocycles. The van der Waals surface area contributed by atoms with E-state index in [2.05, 4.69) is 42.3 Å². The Hall–Kier alpha value is -3.03. The third kappa shape index (κ3) is 7.73. The van der Waals surface area contributed by atoms with Gasteiger partial charge in [-0.25, -0.2) is 9.97 Å². The van der Waals surface area contributed by atoms with E-state index in [0.29, 0.717) is 11.1 Å². The largest absolute Gasteiger partial charge is 0.418 e. The maximum Gasteiger partial charge on any atom is 0.418 e. The zero-order valence-electron chi connectivity index (χ0n) is 20.5. The number of rotatable bonds is 7. The van der Waals surface area contributed by atoms with Gasteiger partial charge in [0.05, 0.1) is 22.8 Å². The zero-order chi connectivity index (χ0) is 27.2. The average molecular weight is 558 g/mol. The molecular weight excluding hydrogens is 531 g/mol. The first-order valence-electron chi connectivity index (χ1n) is 11.4. The molecule has 1 aliphatic rings. The van der Waals surface area contributed by atoms with Crippen molar-refractivity contribution in [3.05, 3.63) is 51.1 Å². The first kappa shape index (κ1) is 28.5. The third-order valence-electron chi connectivity index (χ3n) is 5.64. The number of anilines is 1. The molecule has 2 amide bonds. The summed E-state index contributed by atoms with van der Waals surface area (Å²) in [6, 6.07) is 0.152. The van der Waals surface area contributed by atoms with Crippen LogP contribution in [-0.4, -0.2) is 77.2 Å². The van der Waals surface area contributed by atoms with Crippen LogP contribution in [0.15, 0.2) is 35.6 Å². The molecule has 2 aromatic rings. The topological polar surface area (TPSA) is 103 Å². The molecule has 3 rings (SSSR count). The summed E-state index contributed by atoms with van der Waals surface area (Å²) in [5.41, 5.74) is -1.10. The highest BCUT2D eigenvalue weighted by molar-refractivity contribution is 7.13. The predicted octanol–water partition coefficient (Wildman–Crippen LogP) is 3.86. The quantitative estimate of drug-likeness (QED) is 0.304. The summed E-state index contributed by atoms with van der Waals surface area (Å²) in [7, 11) is 1.68. The van der Waals surface area contributed by atoms with E-state index in [9.17, 15) is 22.8 Å². The first-order valence-corrected chi connectivity index (χ1v) is 12.6. The van der Waals surface area contributed by atoms with Gasteiger partial charge in [0.2, 0.25) is 5.91 Å². The fourth-order valence-corrected chi connectivity index (χ4v) is 4.61. The summed E-state index contributed by atoms with van der Waals surface area (Å²) in [5.74, 6) is -0.618. The summed E-state index contributed by atoms with van der Waals surface area (Å²) in [6.45, 7) is 8.36. The van der Waals surface area contributed by atoms with Gasteiger partial charge in [-0.05, 0) is 25.6 Å². The molecule has 0 bridgehead atoms. The molecule has 1 fully saturated rings. The molecule has 0 aliphatic carbocycles. The number of likely N-dealkylation sites (N-methyl/N-ethyl adjacent to an activating group) is 1. The van der Waals surface area contributed by atoms with E-state index in [-0.39, 0.29) is 16.6 Å². The zero-order valence-corrected chi connectivity index (χ0v) is 22.0. The number of carbonyl (C=O) groups is 2. The minimum absolute atomic E-state index is 0.142. The molecule has 0 spiro atoms. The molecule has 37 heavy (non-hydrogen) atoms. The van der Waals surface area contributed by atoms with Crippen molar-refractivity contribution in [2.24, 2.45) is 4.99 Å². The number of amidine groups is 1. The van der Waals surface area contributed by atoms with Crippen molar-refractivity contribution >= 4 is 46.4 Å². The minimum atomic E-state index is -4.69. The number of pyridine rings is 1.